The van der Waals surface area contributed by atoms with Crippen LogP contribution in [0.2, 0.25) is 0 Å². The highest BCUT2D eigenvalue weighted by Gasteiger charge is 2.12. The molecular formula is C13H12N4O2. The predicted molar refractivity (Wildman–Crippen MR) is 72.0 cm³/mol. The van der Waals surface area contributed by atoms with Crippen molar-refractivity contribution in [1.29, 1.82) is 0 Å². The maximum atomic E-state index is 11.9. The lowest BCUT2D eigenvalue weighted by atomic mass is 10.0. The Morgan fingerprint density at radius 1 is 1.32 bits per heavy atom. The van der Waals surface area contributed by atoms with Gasteiger partial charge >= 0.3 is 0 Å². The average Bonchev–Trinajstić information content (AvgIpc) is 2.44. The third kappa shape index (κ3) is 2.75. The number of carbonyl (C=O) groups is 1. The van der Waals surface area contributed by atoms with Gasteiger partial charge in [0.15, 0.2) is 0 Å². The molecule has 0 saturated heterocycles. The van der Waals surface area contributed by atoms with Gasteiger partial charge in [0.1, 0.15) is 5.75 Å². The molecule has 19 heavy (non-hydrogen) atoms. The first kappa shape index (κ1) is 12.7. The average molecular weight is 256 g/mol. The van der Waals surface area contributed by atoms with E-state index in [-0.39, 0.29) is 24.4 Å². The van der Waals surface area contributed by atoms with E-state index < -0.39 is 5.91 Å². The van der Waals surface area contributed by atoms with E-state index in [1.165, 1.54) is 0 Å². The topological polar surface area (TPSA) is 98.1 Å². The van der Waals surface area contributed by atoms with Crippen molar-refractivity contribution < 1.29 is 9.90 Å². The molecule has 0 spiro atoms. The molecule has 0 aliphatic heterocycles. The van der Waals surface area contributed by atoms with Crippen LogP contribution in [-0.4, -0.2) is 24.1 Å². The largest absolute Gasteiger partial charge is 0.506 e. The summed E-state index contributed by atoms with van der Waals surface area (Å²) in [4.78, 5) is 14.5. The number of nitrogens with zero attached hydrogens (tertiary/aromatic N) is 3. The quantitative estimate of drug-likeness (QED) is 0.380. The van der Waals surface area contributed by atoms with Crippen LogP contribution in [0.4, 0.5) is 0 Å². The molecule has 6 heteroatoms. The molecule has 0 aliphatic carbocycles. The molecule has 0 fully saturated rings. The van der Waals surface area contributed by atoms with Gasteiger partial charge in [0.25, 0.3) is 5.91 Å². The van der Waals surface area contributed by atoms with Crippen molar-refractivity contribution in [3.63, 3.8) is 0 Å². The summed E-state index contributed by atoms with van der Waals surface area (Å²) in [6, 6.07) is 10.6. The summed E-state index contributed by atoms with van der Waals surface area (Å²) < 4.78 is 0. The predicted octanol–water partition coefficient (Wildman–Crippen LogP) is 2.59. The SMILES string of the molecule is [N-]=[N+]=NCCNC(=O)c1ccc2ccccc2c1O. The van der Waals surface area contributed by atoms with Crippen LogP contribution in [0, 0.1) is 0 Å². The molecule has 1 amide bonds. The number of benzene rings is 2. The summed E-state index contributed by atoms with van der Waals surface area (Å²) in [6.45, 7) is 0.408. The molecule has 0 saturated carbocycles. The zero-order valence-electron chi connectivity index (χ0n) is 10.1. The third-order valence-electron chi connectivity index (χ3n) is 2.71. The van der Waals surface area contributed by atoms with Crippen LogP contribution in [0.25, 0.3) is 21.2 Å². The summed E-state index contributed by atoms with van der Waals surface area (Å²) >= 11 is 0. The molecule has 0 unspecified atom stereocenters. The Bertz CT molecular complexity index is 663. The highest BCUT2D eigenvalue weighted by molar-refractivity contribution is 6.03. The Hall–Kier alpha value is -2.72. The summed E-state index contributed by atoms with van der Waals surface area (Å²) in [6.07, 6.45) is 0. The number of rotatable bonds is 4. The molecule has 0 radical (unpaired) electrons. The van der Waals surface area contributed by atoms with Crippen molar-refractivity contribution in [2.45, 2.75) is 0 Å². The maximum absolute atomic E-state index is 11.9. The van der Waals surface area contributed by atoms with E-state index >= 15 is 0 Å². The fraction of sp³-hybridized carbons (Fsp3) is 0.154. The van der Waals surface area contributed by atoms with E-state index in [1.807, 2.05) is 12.1 Å². The highest BCUT2D eigenvalue weighted by atomic mass is 16.3. The zero-order chi connectivity index (χ0) is 13.7. The Balaban J connectivity index is 2.22. The number of carbonyl (C=O) groups excluding carboxylic acids is 1. The summed E-state index contributed by atoms with van der Waals surface area (Å²) in [5.74, 6) is -0.434. The molecule has 6 nitrogen and oxygen atoms in total. The number of aromatic hydroxyl groups is 1. The lowest BCUT2D eigenvalue weighted by Gasteiger charge is -2.08. The number of fused-ring (bicyclic) bond motifs is 1. The molecule has 0 aliphatic rings. The lowest BCUT2D eigenvalue weighted by molar-refractivity contribution is 0.0952. The van der Waals surface area contributed by atoms with Crippen molar-refractivity contribution in [1.82, 2.24) is 5.32 Å². The monoisotopic (exact) mass is 256 g/mol. The Labute approximate surface area is 109 Å². The summed E-state index contributed by atoms with van der Waals surface area (Å²) in [5.41, 5.74) is 8.32. The van der Waals surface area contributed by atoms with Crippen molar-refractivity contribution >= 4 is 16.7 Å². The Morgan fingerprint density at radius 2 is 2.11 bits per heavy atom. The number of azide groups is 1. The Morgan fingerprint density at radius 3 is 2.89 bits per heavy atom. The lowest BCUT2D eigenvalue weighted by Crippen LogP contribution is -2.25. The van der Waals surface area contributed by atoms with Gasteiger partial charge in [-0.3, -0.25) is 4.79 Å². The van der Waals surface area contributed by atoms with Crippen LogP contribution in [0.15, 0.2) is 41.5 Å². The van der Waals surface area contributed by atoms with Crippen LogP contribution in [-0.2, 0) is 0 Å². The number of amides is 1. The van der Waals surface area contributed by atoms with E-state index in [2.05, 4.69) is 15.3 Å². The van der Waals surface area contributed by atoms with Crippen molar-refractivity contribution in [2.75, 3.05) is 13.1 Å². The van der Waals surface area contributed by atoms with Crippen LogP contribution in [0.1, 0.15) is 10.4 Å². The van der Waals surface area contributed by atoms with Crippen molar-refractivity contribution in [3.05, 3.63) is 52.4 Å². The minimum absolute atomic E-state index is 0.0422. The number of hydrogen-bond donors (Lipinski definition) is 2. The molecule has 2 N–H and O–H groups in total. The molecule has 2 aromatic carbocycles. The summed E-state index contributed by atoms with van der Waals surface area (Å²) in [5, 5.41) is 17.5. The second-order valence-electron chi connectivity index (χ2n) is 3.89. The number of phenolic OH excluding ortho intramolecular Hbond substituents is 1. The van der Waals surface area contributed by atoms with Crippen LogP contribution < -0.4 is 5.32 Å². The molecule has 0 aromatic heterocycles. The highest BCUT2D eigenvalue weighted by Crippen LogP contribution is 2.28. The van der Waals surface area contributed by atoms with Crippen molar-refractivity contribution in [3.8, 4) is 5.75 Å². The Kier molecular flexibility index (Phi) is 3.85. The van der Waals surface area contributed by atoms with Crippen LogP contribution in [0.3, 0.4) is 0 Å². The van der Waals surface area contributed by atoms with Crippen molar-refractivity contribution in [2.24, 2.45) is 5.11 Å². The van der Waals surface area contributed by atoms with Gasteiger partial charge in [-0.05, 0) is 17.0 Å². The van der Waals surface area contributed by atoms with Crippen LogP contribution >= 0.6 is 0 Å². The van der Waals surface area contributed by atoms with Gasteiger partial charge in [-0.2, -0.15) is 0 Å². The zero-order valence-corrected chi connectivity index (χ0v) is 10.1. The molecular weight excluding hydrogens is 244 g/mol. The molecule has 2 rings (SSSR count). The van der Waals surface area contributed by atoms with Gasteiger partial charge in [0.05, 0.1) is 5.56 Å². The molecule has 0 atom stereocenters. The first-order chi connectivity index (χ1) is 9.24. The van der Waals surface area contributed by atoms with E-state index in [0.29, 0.717) is 5.39 Å². The fourth-order valence-corrected chi connectivity index (χ4v) is 1.80. The molecule has 0 bridgehead atoms. The standard InChI is InChI=1S/C13H12N4O2/c14-17-16-8-7-15-13(19)11-6-5-9-3-1-2-4-10(9)12(11)18/h1-6,18H,7-8H2,(H,15,19). The maximum Gasteiger partial charge on any atom is 0.255 e. The first-order valence-electron chi connectivity index (χ1n) is 5.74. The van der Waals surface area contributed by atoms with Gasteiger partial charge in [-0.25, -0.2) is 0 Å². The van der Waals surface area contributed by atoms with Gasteiger partial charge in [-0.1, -0.05) is 35.4 Å². The minimum atomic E-state index is -0.392. The summed E-state index contributed by atoms with van der Waals surface area (Å²) in [7, 11) is 0. The normalized spacial score (nSPS) is 9.89. The van der Waals surface area contributed by atoms with E-state index in [0.717, 1.165) is 5.39 Å². The van der Waals surface area contributed by atoms with E-state index in [1.54, 1.807) is 24.3 Å². The molecule has 96 valence electrons. The van der Waals surface area contributed by atoms with Gasteiger partial charge in [-0.15, -0.1) is 0 Å². The molecule has 2 aromatic rings. The second-order valence-corrected chi connectivity index (χ2v) is 3.89. The van der Waals surface area contributed by atoms with E-state index in [9.17, 15) is 9.90 Å². The molecule has 0 heterocycles. The van der Waals surface area contributed by atoms with Gasteiger partial charge in [0, 0.05) is 23.4 Å². The number of nitrogens with one attached hydrogen (secondary N) is 1. The van der Waals surface area contributed by atoms with Crippen LogP contribution in [0.5, 0.6) is 5.75 Å². The van der Waals surface area contributed by atoms with E-state index in [4.69, 9.17) is 5.53 Å². The minimum Gasteiger partial charge on any atom is -0.506 e. The fourth-order valence-electron chi connectivity index (χ4n) is 1.80. The third-order valence-corrected chi connectivity index (χ3v) is 2.71. The number of phenols is 1. The second kappa shape index (κ2) is 5.75. The first-order valence-corrected chi connectivity index (χ1v) is 5.74. The van der Waals surface area contributed by atoms with Gasteiger partial charge in [0.2, 0.25) is 0 Å². The smallest absolute Gasteiger partial charge is 0.255 e. The van der Waals surface area contributed by atoms with Gasteiger partial charge < -0.3 is 10.4 Å². The number of hydrogen-bond acceptors (Lipinski definition) is 3.